The minimum absolute atomic E-state index is 0.509. The van der Waals surface area contributed by atoms with Crippen molar-refractivity contribution in [1.29, 1.82) is 0 Å². The van der Waals surface area contributed by atoms with Crippen LogP contribution in [-0.2, 0) is 0 Å². The molecule has 0 N–H and O–H groups in total. The Morgan fingerprint density at radius 2 is 2.27 bits per heavy atom. The minimum Gasteiger partial charge on any atom is -0.125 e. The van der Waals surface area contributed by atoms with Crippen molar-refractivity contribution >= 4 is 11.8 Å². The van der Waals surface area contributed by atoms with Crippen LogP contribution in [0.1, 0.15) is 0 Å². The first-order chi connectivity index (χ1) is 5.38. The van der Waals surface area contributed by atoms with E-state index < -0.39 is 0 Å². The SMILES string of the molecule is C=C1CSC2=CC=CC=CC12. The van der Waals surface area contributed by atoms with E-state index in [9.17, 15) is 0 Å². The van der Waals surface area contributed by atoms with Gasteiger partial charge in [-0.15, -0.1) is 11.8 Å². The van der Waals surface area contributed by atoms with E-state index in [0.29, 0.717) is 5.92 Å². The van der Waals surface area contributed by atoms with Gasteiger partial charge in [-0.05, 0) is 4.91 Å². The molecule has 0 nitrogen and oxygen atoms in total. The number of hydrogen-bond acceptors (Lipinski definition) is 1. The Morgan fingerprint density at radius 3 is 3.18 bits per heavy atom. The van der Waals surface area contributed by atoms with E-state index in [0.717, 1.165) is 5.75 Å². The lowest BCUT2D eigenvalue weighted by Gasteiger charge is -2.03. The zero-order chi connectivity index (χ0) is 7.68. The minimum atomic E-state index is 0.509. The van der Waals surface area contributed by atoms with Crippen LogP contribution >= 0.6 is 11.8 Å². The van der Waals surface area contributed by atoms with Crippen LogP contribution < -0.4 is 0 Å². The van der Waals surface area contributed by atoms with Gasteiger partial charge in [0, 0.05) is 11.7 Å². The molecule has 0 bridgehead atoms. The van der Waals surface area contributed by atoms with Crippen LogP contribution in [0.4, 0.5) is 0 Å². The van der Waals surface area contributed by atoms with Crippen molar-refractivity contribution in [1.82, 2.24) is 0 Å². The van der Waals surface area contributed by atoms with E-state index in [-0.39, 0.29) is 0 Å². The van der Waals surface area contributed by atoms with Gasteiger partial charge in [-0.25, -0.2) is 0 Å². The molecule has 1 heteroatoms. The second kappa shape index (κ2) is 2.74. The Balaban J connectivity index is 2.37. The maximum atomic E-state index is 4.04. The van der Waals surface area contributed by atoms with Gasteiger partial charge in [0.25, 0.3) is 0 Å². The molecule has 1 aliphatic carbocycles. The van der Waals surface area contributed by atoms with Gasteiger partial charge >= 0.3 is 0 Å². The summed E-state index contributed by atoms with van der Waals surface area (Å²) in [5.41, 5.74) is 1.33. The maximum Gasteiger partial charge on any atom is 0.0297 e. The highest BCUT2D eigenvalue weighted by Gasteiger charge is 2.22. The standard InChI is InChI=1S/C10H10S/c1-8-7-11-10-6-4-2-3-5-9(8)10/h2-6,9H,1,7H2. The first kappa shape index (κ1) is 6.99. The summed E-state index contributed by atoms with van der Waals surface area (Å²) >= 11 is 1.91. The Kier molecular flexibility index (Phi) is 1.74. The highest BCUT2D eigenvalue weighted by atomic mass is 32.2. The molecule has 1 heterocycles. The summed E-state index contributed by atoms with van der Waals surface area (Å²) in [5.74, 6) is 1.60. The Labute approximate surface area is 71.4 Å². The monoisotopic (exact) mass is 162 g/mol. The van der Waals surface area contributed by atoms with Crippen molar-refractivity contribution in [3.63, 3.8) is 0 Å². The van der Waals surface area contributed by atoms with Crippen LogP contribution in [-0.4, -0.2) is 5.75 Å². The van der Waals surface area contributed by atoms with Gasteiger partial charge in [0.15, 0.2) is 0 Å². The average molecular weight is 162 g/mol. The summed E-state index contributed by atoms with van der Waals surface area (Å²) in [6, 6.07) is 0. The summed E-state index contributed by atoms with van der Waals surface area (Å²) < 4.78 is 0. The lowest BCUT2D eigenvalue weighted by molar-refractivity contribution is 0.992. The van der Waals surface area contributed by atoms with Crippen LogP contribution in [0.5, 0.6) is 0 Å². The van der Waals surface area contributed by atoms with Crippen molar-refractivity contribution in [3.05, 3.63) is 47.4 Å². The number of fused-ring (bicyclic) bond motifs is 1. The predicted molar refractivity (Wildman–Crippen MR) is 51.5 cm³/mol. The summed E-state index contributed by atoms with van der Waals surface area (Å²) in [4.78, 5) is 1.44. The molecule has 1 atom stereocenters. The van der Waals surface area contributed by atoms with Gasteiger partial charge in [-0.1, -0.05) is 42.5 Å². The molecule has 11 heavy (non-hydrogen) atoms. The number of allylic oxidation sites excluding steroid dienone is 6. The fourth-order valence-electron chi connectivity index (χ4n) is 1.33. The van der Waals surface area contributed by atoms with Crippen molar-refractivity contribution in [2.24, 2.45) is 5.92 Å². The van der Waals surface area contributed by atoms with E-state index in [1.165, 1.54) is 10.5 Å². The van der Waals surface area contributed by atoms with Crippen LogP contribution in [0.15, 0.2) is 47.4 Å². The van der Waals surface area contributed by atoms with E-state index in [4.69, 9.17) is 0 Å². The molecule has 0 radical (unpaired) electrons. The quantitative estimate of drug-likeness (QED) is 0.493. The molecule has 1 fully saturated rings. The van der Waals surface area contributed by atoms with Gasteiger partial charge < -0.3 is 0 Å². The molecule has 1 aliphatic heterocycles. The molecule has 56 valence electrons. The Bertz CT molecular complexity index is 269. The second-order valence-electron chi connectivity index (χ2n) is 2.76. The molecule has 0 aromatic carbocycles. The lowest BCUT2D eigenvalue weighted by atomic mass is 10.0. The van der Waals surface area contributed by atoms with Crippen LogP contribution in [0.3, 0.4) is 0 Å². The first-order valence-corrected chi connectivity index (χ1v) is 4.72. The third-order valence-corrected chi connectivity index (χ3v) is 3.20. The molecular formula is C10H10S. The normalized spacial score (nSPS) is 28.2. The summed E-state index contributed by atoms with van der Waals surface area (Å²) in [6.07, 6.45) is 10.7. The highest BCUT2D eigenvalue weighted by Crippen LogP contribution is 2.40. The van der Waals surface area contributed by atoms with Crippen molar-refractivity contribution < 1.29 is 0 Å². The van der Waals surface area contributed by atoms with Gasteiger partial charge in [0.2, 0.25) is 0 Å². The van der Waals surface area contributed by atoms with Crippen LogP contribution in [0.2, 0.25) is 0 Å². The van der Waals surface area contributed by atoms with Crippen LogP contribution in [0, 0.1) is 5.92 Å². The van der Waals surface area contributed by atoms with Crippen LogP contribution in [0.25, 0.3) is 0 Å². The van der Waals surface area contributed by atoms with E-state index in [1.54, 1.807) is 0 Å². The predicted octanol–water partition coefficient (Wildman–Crippen LogP) is 2.92. The van der Waals surface area contributed by atoms with Gasteiger partial charge in [-0.2, -0.15) is 0 Å². The Morgan fingerprint density at radius 1 is 1.36 bits per heavy atom. The number of thioether (sulfide) groups is 1. The molecule has 0 aromatic heterocycles. The molecule has 0 saturated carbocycles. The zero-order valence-corrected chi connectivity index (χ0v) is 7.10. The second-order valence-corrected chi connectivity index (χ2v) is 3.81. The molecule has 0 spiro atoms. The molecule has 2 rings (SSSR count). The number of rotatable bonds is 0. The van der Waals surface area contributed by atoms with Crippen molar-refractivity contribution in [2.45, 2.75) is 0 Å². The van der Waals surface area contributed by atoms with E-state index >= 15 is 0 Å². The fourth-order valence-corrected chi connectivity index (χ4v) is 2.46. The first-order valence-electron chi connectivity index (χ1n) is 3.73. The largest absolute Gasteiger partial charge is 0.125 e. The molecule has 1 saturated heterocycles. The van der Waals surface area contributed by atoms with Crippen molar-refractivity contribution in [2.75, 3.05) is 5.75 Å². The fraction of sp³-hybridized carbons (Fsp3) is 0.200. The lowest BCUT2D eigenvalue weighted by Crippen LogP contribution is -1.92. The topological polar surface area (TPSA) is 0 Å². The smallest absolute Gasteiger partial charge is 0.0297 e. The molecular weight excluding hydrogens is 152 g/mol. The number of hydrogen-bond donors (Lipinski definition) is 0. The molecule has 0 aromatic rings. The molecule has 1 unspecified atom stereocenters. The van der Waals surface area contributed by atoms with Gasteiger partial charge in [-0.3, -0.25) is 0 Å². The summed E-state index contributed by atoms with van der Waals surface area (Å²) in [7, 11) is 0. The third-order valence-electron chi connectivity index (χ3n) is 1.96. The molecule has 0 amide bonds. The zero-order valence-electron chi connectivity index (χ0n) is 6.29. The average Bonchev–Trinajstić information content (AvgIpc) is 2.25. The Hall–Kier alpha value is -0.690. The summed E-state index contributed by atoms with van der Waals surface area (Å²) in [5, 5.41) is 0. The molecule has 2 aliphatic rings. The highest BCUT2D eigenvalue weighted by molar-refractivity contribution is 8.03. The van der Waals surface area contributed by atoms with E-state index in [1.807, 2.05) is 11.8 Å². The third kappa shape index (κ3) is 1.21. The van der Waals surface area contributed by atoms with E-state index in [2.05, 4.69) is 37.0 Å². The summed E-state index contributed by atoms with van der Waals surface area (Å²) in [6.45, 7) is 4.04. The maximum absolute atomic E-state index is 4.04. The van der Waals surface area contributed by atoms with Crippen molar-refractivity contribution in [3.8, 4) is 0 Å². The van der Waals surface area contributed by atoms with Gasteiger partial charge in [0.05, 0.1) is 0 Å². The van der Waals surface area contributed by atoms with Gasteiger partial charge in [0.1, 0.15) is 0 Å².